The van der Waals surface area contributed by atoms with Gasteiger partial charge in [0.15, 0.2) is 11.5 Å². The van der Waals surface area contributed by atoms with E-state index in [0.29, 0.717) is 41.3 Å². The van der Waals surface area contributed by atoms with Gasteiger partial charge in [0.05, 0.1) is 33.6 Å². The van der Waals surface area contributed by atoms with E-state index < -0.39 is 0 Å². The normalized spacial score (nSPS) is 14.7. The molecular weight excluding hydrogens is 472 g/mol. The van der Waals surface area contributed by atoms with Crippen LogP contribution in [0.4, 0.5) is 0 Å². The zero-order valence-electron chi connectivity index (χ0n) is 22.0. The Morgan fingerprint density at radius 3 is 2.27 bits per heavy atom. The summed E-state index contributed by atoms with van der Waals surface area (Å²) >= 11 is 0. The number of unbranched alkanes of at least 4 members (excludes halogenated alkanes) is 1. The van der Waals surface area contributed by atoms with E-state index in [1.54, 1.807) is 51.8 Å². The van der Waals surface area contributed by atoms with Crippen molar-refractivity contribution in [3.05, 3.63) is 53.6 Å². The van der Waals surface area contributed by atoms with Gasteiger partial charge in [-0.15, -0.1) is 0 Å². The van der Waals surface area contributed by atoms with Crippen molar-refractivity contribution in [1.29, 1.82) is 0 Å². The SMILES string of the molecule is COc1cc(C=NNC(=O)C(CCCCNC(=O)c2ccccc2)N2CCCCC2)cc(OC)c1OC. The smallest absolute Gasteiger partial charge is 0.257 e. The van der Waals surface area contributed by atoms with Crippen molar-refractivity contribution in [2.24, 2.45) is 5.10 Å². The second-order valence-corrected chi connectivity index (χ2v) is 8.92. The molecule has 0 saturated carbocycles. The Morgan fingerprint density at radius 2 is 1.65 bits per heavy atom. The molecule has 2 N–H and O–H groups in total. The Balaban J connectivity index is 1.55. The predicted octanol–water partition coefficient (Wildman–Crippen LogP) is 3.62. The van der Waals surface area contributed by atoms with Gasteiger partial charge in [-0.05, 0) is 69.5 Å². The zero-order valence-corrected chi connectivity index (χ0v) is 22.0. The molecular formula is C28H38N4O5. The van der Waals surface area contributed by atoms with Gasteiger partial charge in [0.2, 0.25) is 5.75 Å². The van der Waals surface area contributed by atoms with Gasteiger partial charge in [-0.25, -0.2) is 5.43 Å². The number of hydrogen-bond acceptors (Lipinski definition) is 7. The lowest BCUT2D eigenvalue weighted by Gasteiger charge is -2.33. The van der Waals surface area contributed by atoms with Gasteiger partial charge < -0.3 is 19.5 Å². The van der Waals surface area contributed by atoms with Crippen molar-refractivity contribution in [1.82, 2.24) is 15.6 Å². The highest BCUT2D eigenvalue weighted by Crippen LogP contribution is 2.37. The Bertz CT molecular complexity index is 1010. The van der Waals surface area contributed by atoms with Crippen LogP contribution in [-0.4, -0.2) is 69.9 Å². The number of hydrogen-bond donors (Lipinski definition) is 2. The molecule has 9 nitrogen and oxygen atoms in total. The molecule has 0 aliphatic carbocycles. The largest absolute Gasteiger partial charge is 0.493 e. The summed E-state index contributed by atoms with van der Waals surface area (Å²) < 4.78 is 16.1. The Morgan fingerprint density at radius 1 is 0.973 bits per heavy atom. The molecule has 3 rings (SSSR count). The monoisotopic (exact) mass is 510 g/mol. The first-order valence-corrected chi connectivity index (χ1v) is 12.8. The summed E-state index contributed by atoms with van der Waals surface area (Å²) in [6.45, 7) is 2.38. The van der Waals surface area contributed by atoms with Crippen LogP contribution in [0.5, 0.6) is 17.2 Å². The number of ether oxygens (including phenoxy) is 3. The van der Waals surface area contributed by atoms with Crippen molar-refractivity contribution >= 4 is 18.0 Å². The number of methoxy groups -OCH3 is 3. The Labute approximate surface area is 219 Å². The highest BCUT2D eigenvalue weighted by molar-refractivity contribution is 5.94. The van der Waals surface area contributed by atoms with Crippen LogP contribution in [0.3, 0.4) is 0 Å². The van der Waals surface area contributed by atoms with Gasteiger partial charge >= 0.3 is 0 Å². The molecule has 1 fully saturated rings. The van der Waals surface area contributed by atoms with Crippen molar-refractivity contribution in [3.8, 4) is 17.2 Å². The molecule has 2 amide bonds. The Hall–Kier alpha value is -3.59. The van der Waals surface area contributed by atoms with Crippen LogP contribution in [0, 0.1) is 0 Å². The van der Waals surface area contributed by atoms with Gasteiger partial charge in [0, 0.05) is 17.7 Å². The minimum absolute atomic E-state index is 0.0768. The van der Waals surface area contributed by atoms with Crippen molar-refractivity contribution in [2.75, 3.05) is 41.0 Å². The molecule has 2 aromatic rings. The predicted molar refractivity (Wildman–Crippen MR) is 144 cm³/mol. The summed E-state index contributed by atoms with van der Waals surface area (Å²) in [6, 6.07) is 12.4. The molecule has 1 heterocycles. The first-order chi connectivity index (χ1) is 18.1. The van der Waals surface area contributed by atoms with Crippen LogP contribution in [0.25, 0.3) is 0 Å². The summed E-state index contributed by atoms with van der Waals surface area (Å²) in [7, 11) is 4.65. The van der Waals surface area contributed by atoms with Crippen molar-refractivity contribution in [3.63, 3.8) is 0 Å². The molecule has 0 spiro atoms. The van der Waals surface area contributed by atoms with Crippen LogP contribution in [0.1, 0.15) is 54.4 Å². The number of nitrogens with zero attached hydrogens (tertiary/aromatic N) is 2. The molecule has 200 valence electrons. The number of nitrogens with one attached hydrogen (secondary N) is 2. The minimum Gasteiger partial charge on any atom is -0.493 e. The van der Waals surface area contributed by atoms with Gasteiger partial charge in [0.1, 0.15) is 0 Å². The number of benzene rings is 2. The van der Waals surface area contributed by atoms with E-state index in [4.69, 9.17) is 14.2 Å². The molecule has 1 aliphatic rings. The molecule has 1 unspecified atom stereocenters. The lowest BCUT2D eigenvalue weighted by atomic mass is 10.0. The number of hydrazone groups is 1. The fourth-order valence-corrected chi connectivity index (χ4v) is 4.49. The van der Waals surface area contributed by atoms with Gasteiger partial charge in [-0.2, -0.15) is 5.10 Å². The molecule has 0 aromatic heterocycles. The molecule has 1 aliphatic heterocycles. The molecule has 1 atom stereocenters. The topological polar surface area (TPSA) is 101 Å². The van der Waals surface area contributed by atoms with Crippen LogP contribution in [0.15, 0.2) is 47.6 Å². The van der Waals surface area contributed by atoms with Crippen molar-refractivity contribution in [2.45, 2.75) is 44.6 Å². The standard InChI is InChI=1S/C28H38N4O5/c1-35-24-18-21(19-25(36-2)26(24)37-3)20-30-31-28(34)23(32-16-10-5-11-17-32)14-8-9-15-29-27(33)22-12-6-4-7-13-22/h4,6-7,12-13,18-20,23H,5,8-11,14-17H2,1-3H3,(H,29,33)(H,31,34). The number of rotatable bonds is 13. The maximum absolute atomic E-state index is 13.1. The third-order valence-electron chi connectivity index (χ3n) is 6.44. The lowest BCUT2D eigenvalue weighted by molar-refractivity contribution is -0.127. The Kier molecular flexibility index (Phi) is 11.2. The fourth-order valence-electron chi connectivity index (χ4n) is 4.49. The first-order valence-electron chi connectivity index (χ1n) is 12.8. The number of piperidine rings is 1. The van der Waals surface area contributed by atoms with E-state index >= 15 is 0 Å². The van der Waals surface area contributed by atoms with E-state index in [-0.39, 0.29) is 17.9 Å². The highest BCUT2D eigenvalue weighted by Gasteiger charge is 2.26. The second kappa shape index (κ2) is 14.8. The van der Waals surface area contributed by atoms with Gasteiger partial charge in [-0.3, -0.25) is 14.5 Å². The summed E-state index contributed by atoms with van der Waals surface area (Å²) in [5.74, 6) is 1.32. The summed E-state index contributed by atoms with van der Waals surface area (Å²) in [5.41, 5.74) is 4.08. The van der Waals surface area contributed by atoms with E-state index in [9.17, 15) is 9.59 Å². The molecule has 2 aromatic carbocycles. The van der Waals surface area contributed by atoms with E-state index in [0.717, 1.165) is 38.8 Å². The second-order valence-electron chi connectivity index (χ2n) is 8.92. The van der Waals surface area contributed by atoms with Crippen LogP contribution >= 0.6 is 0 Å². The molecule has 0 radical (unpaired) electrons. The maximum atomic E-state index is 13.1. The van der Waals surface area contributed by atoms with Crippen LogP contribution < -0.4 is 25.0 Å². The number of likely N-dealkylation sites (tertiary alicyclic amines) is 1. The lowest BCUT2D eigenvalue weighted by Crippen LogP contribution is -2.47. The molecule has 9 heteroatoms. The summed E-state index contributed by atoms with van der Waals surface area (Å²) in [6.07, 6.45) is 7.25. The number of carbonyl (C=O) groups is 2. The van der Waals surface area contributed by atoms with E-state index in [1.165, 1.54) is 6.42 Å². The van der Waals surface area contributed by atoms with Crippen LogP contribution in [0.2, 0.25) is 0 Å². The molecule has 37 heavy (non-hydrogen) atoms. The number of amides is 2. The minimum atomic E-state index is -0.262. The van der Waals surface area contributed by atoms with Gasteiger partial charge in [0.25, 0.3) is 11.8 Å². The molecule has 1 saturated heterocycles. The van der Waals surface area contributed by atoms with Crippen molar-refractivity contribution < 1.29 is 23.8 Å². The van der Waals surface area contributed by atoms with Gasteiger partial charge in [-0.1, -0.05) is 24.6 Å². The number of carbonyl (C=O) groups excluding carboxylic acids is 2. The average molecular weight is 511 g/mol. The van der Waals surface area contributed by atoms with E-state index in [2.05, 4.69) is 20.7 Å². The summed E-state index contributed by atoms with van der Waals surface area (Å²) in [5, 5.41) is 7.16. The fraction of sp³-hybridized carbons (Fsp3) is 0.464. The maximum Gasteiger partial charge on any atom is 0.257 e. The molecule has 0 bridgehead atoms. The summed E-state index contributed by atoms with van der Waals surface area (Å²) in [4.78, 5) is 27.6. The first kappa shape index (κ1) is 28.0. The average Bonchev–Trinajstić information content (AvgIpc) is 2.95. The third kappa shape index (κ3) is 8.21. The van der Waals surface area contributed by atoms with Crippen LogP contribution in [-0.2, 0) is 4.79 Å². The third-order valence-corrected chi connectivity index (χ3v) is 6.44. The zero-order chi connectivity index (χ0) is 26.5. The highest BCUT2D eigenvalue weighted by atomic mass is 16.5. The van der Waals surface area contributed by atoms with E-state index in [1.807, 2.05) is 18.2 Å². The quantitative estimate of drug-likeness (QED) is 0.243.